The lowest BCUT2D eigenvalue weighted by atomic mass is 10.1. The quantitative estimate of drug-likeness (QED) is 0.741. The van der Waals surface area contributed by atoms with Gasteiger partial charge in [-0.3, -0.25) is 0 Å². The first-order valence-electron chi connectivity index (χ1n) is 7.64. The highest BCUT2D eigenvalue weighted by atomic mass is 16.5. The zero-order valence-corrected chi connectivity index (χ0v) is 13.3. The first kappa shape index (κ1) is 15.3. The lowest BCUT2D eigenvalue weighted by Crippen LogP contribution is -2.18. The van der Waals surface area contributed by atoms with Gasteiger partial charge in [0.15, 0.2) is 5.76 Å². The van der Waals surface area contributed by atoms with Gasteiger partial charge >= 0.3 is 0 Å². The fourth-order valence-electron chi connectivity index (χ4n) is 2.40. The van der Waals surface area contributed by atoms with Gasteiger partial charge < -0.3 is 14.6 Å². The van der Waals surface area contributed by atoms with Crippen LogP contribution in [-0.2, 0) is 6.54 Å². The van der Waals surface area contributed by atoms with Crippen LogP contribution in [0.4, 0.5) is 0 Å². The van der Waals surface area contributed by atoms with E-state index in [1.165, 1.54) is 5.56 Å². The Morgan fingerprint density at radius 3 is 2.52 bits per heavy atom. The summed E-state index contributed by atoms with van der Waals surface area (Å²) < 4.78 is 10.6. The molecule has 4 nitrogen and oxygen atoms in total. The number of aromatic nitrogens is 1. The van der Waals surface area contributed by atoms with Crippen molar-refractivity contribution in [2.45, 2.75) is 19.5 Å². The predicted molar refractivity (Wildman–Crippen MR) is 90.2 cm³/mol. The molecule has 0 saturated carbocycles. The molecule has 4 heteroatoms. The topological polar surface area (TPSA) is 47.3 Å². The molecule has 3 aromatic rings. The molecule has 0 saturated heterocycles. The summed E-state index contributed by atoms with van der Waals surface area (Å²) in [6, 6.07) is 20.2. The first-order chi connectivity index (χ1) is 11.3. The third kappa shape index (κ3) is 3.79. The molecule has 0 bridgehead atoms. The molecule has 0 fully saturated rings. The van der Waals surface area contributed by atoms with Crippen molar-refractivity contribution < 1.29 is 9.26 Å². The van der Waals surface area contributed by atoms with Crippen LogP contribution in [0.3, 0.4) is 0 Å². The number of benzene rings is 2. The number of nitrogens with one attached hydrogen (secondary N) is 1. The molecule has 118 valence electrons. The molecule has 0 aliphatic heterocycles. The minimum Gasteiger partial charge on any atom is -0.497 e. The largest absolute Gasteiger partial charge is 0.497 e. The molecule has 2 aromatic carbocycles. The molecule has 1 aromatic heterocycles. The Morgan fingerprint density at radius 1 is 1.09 bits per heavy atom. The molecule has 0 aliphatic rings. The van der Waals surface area contributed by atoms with E-state index in [1.54, 1.807) is 7.11 Å². The van der Waals surface area contributed by atoms with E-state index in [4.69, 9.17) is 9.26 Å². The maximum absolute atomic E-state index is 5.41. The van der Waals surface area contributed by atoms with Gasteiger partial charge in [0.25, 0.3) is 0 Å². The molecule has 0 radical (unpaired) electrons. The van der Waals surface area contributed by atoms with Crippen LogP contribution in [0.1, 0.15) is 24.2 Å². The smallest absolute Gasteiger partial charge is 0.167 e. The molecule has 1 heterocycles. The first-order valence-corrected chi connectivity index (χ1v) is 7.64. The van der Waals surface area contributed by atoms with Crippen LogP contribution in [-0.4, -0.2) is 12.3 Å². The van der Waals surface area contributed by atoms with Crippen LogP contribution < -0.4 is 10.1 Å². The summed E-state index contributed by atoms with van der Waals surface area (Å²) in [7, 11) is 1.67. The highest BCUT2D eigenvalue weighted by Crippen LogP contribution is 2.21. The Kier molecular flexibility index (Phi) is 4.74. The van der Waals surface area contributed by atoms with Crippen molar-refractivity contribution in [1.29, 1.82) is 0 Å². The summed E-state index contributed by atoms with van der Waals surface area (Å²) in [6.45, 7) is 2.78. The summed E-state index contributed by atoms with van der Waals surface area (Å²) >= 11 is 0. The second-order valence-electron chi connectivity index (χ2n) is 5.42. The maximum Gasteiger partial charge on any atom is 0.167 e. The van der Waals surface area contributed by atoms with E-state index in [0.29, 0.717) is 6.54 Å². The highest BCUT2D eigenvalue weighted by Gasteiger charge is 2.09. The van der Waals surface area contributed by atoms with Crippen LogP contribution >= 0.6 is 0 Å². The minimum atomic E-state index is 0.220. The normalized spacial score (nSPS) is 12.1. The lowest BCUT2D eigenvalue weighted by molar-refractivity contribution is 0.413. The van der Waals surface area contributed by atoms with E-state index in [9.17, 15) is 0 Å². The standard InChI is InChI=1S/C19H20N2O2/c1-14(15-8-10-18(22-2)11-9-15)20-13-17-12-19(23-21-17)16-6-4-3-5-7-16/h3-12,14,20H,13H2,1-2H3/t14-/m1/s1. The van der Waals surface area contributed by atoms with E-state index in [2.05, 4.69) is 29.5 Å². The molecule has 23 heavy (non-hydrogen) atoms. The van der Waals surface area contributed by atoms with Gasteiger partial charge in [-0.15, -0.1) is 0 Å². The molecule has 0 aliphatic carbocycles. The average molecular weight is 308 g/mol. The van der Waals surface area contributed by atoms with Gasteiger partial charge in [0.2, 0.25) is 0 Å². The fourth-order valence-corrected chi connectivity index (χ4v) is 2.40. The monoisotopic (exact) mass is 308 g/mol. The van der Waals surface area contributed by atoms with Crippen LogP contribution in [0.5, 0.6) is 5.75 Å². The summed E-state index contributed by atoms with van der Waals surface area (Å²) in [5.74, 6) is 1.66. The van der Waals surface area contributed by atoms with Crippen LogP contribution in [0.15, 0.2) is 65.2 Å². The Labute approximate surface area is 136 Å². The van der Waals surface area contributed by atoms with Gasteiger partial charge in [-0.05, 0) is 24.6 Å². The van der Waals surface area contributed by atoms with Crippen LogP contribution in [0, 0.1) is 0 Å². The van der Waals surface area contributed by atoms with E-state index < -0.39 is 0 Å². The number of hydrogen-bond donors (Lipinski definition) is 1. The van der Waals surface area contributed by atoms with Crippen molar-refractivity contribution in [2.75, 3.05) is 7.11 Å². The van der Waals surface area contributed by atoms with Crippen molar-refractivity contribution in [2.24, 2.45) is 0 Å². The van der Waals surface area contributed by atoms with Crippen molar-refractivity contribution in [3.8, 4) is 17.1 Å². The van der Waals surface area contributed by atoms with E-state index in [-0.39, 0.29) is 6.04 Å². The SMILES string of the molecule is COc1ccc([C@@H](C)NCc2cc(-c3ccccc3)on2)cc1. The Bertz CT molecular complexity index is 736. The van der Waals surface area contributed by atoms with E-state index in [1.807, 2.05) is 48.5 Å². The van der Waals surface area contributed by atoms with Crippen LogP contribution in [0.25, 0.3) is 11.3 Å². The van der Waals surface area contributed by atoms with E-state index >= 15 is 0 Å². The molecule has 1 atom stereocenters. The summed E-state index contributed by atoms with van der Waals surface area (Å²) in [4.78, 5) is 0. The maximum atomic E-state index is 5.41. The van der Waals surface area contributed by atoms with Crippen molar-refractivity contribution >= 4 is 0 Å². The fraction of sp³-hybridized carbons (Fsp3) is 0.211. The zero-order chi connectivity index (χ0) is 16.1. The average Bonchev–Trinajstić information content (AvgIpc) is 3.09. The zero-order valence-electron chi connectivity index (χ0n) is 13.3. The minimum absolute atomic E-state index is 0.220. The second-order valence-corrected chi connectivity index (χ2v) is 5.42. The Hall–Kier alpha value is -2.59. The molecule has 0 unspecified atom stereocenters. The molecule has 0 spiro atoms. The number of nitrogens with zero attached hydrogens (tertiary/aromatic N) is 1. The van der Waals surface area contributed by atoms with Gasteiger partial charge in [0.1, 0.15) is 5.75 Å². The highest BCUT2D eigenvalue weighted by molar-refractivity contribution is 5.56. The Morgan fingerprint density at radius 2 is 1.83 bits per heavy atom. The van der Waals surface area contributed by atoms with Gasteiger partial charge in [-0.2, -0.15) is 0 Å². The summed E-state index contributed by atoms with van der Waals surface area (Å²) in [6.07, 6.45) is 0. The summed E-state index contributed by atoms with van der Waals surface area (Å²) in [5.41, 5.74) is 3.14. The summed E-state index contributed by atoms with van der Waals surface area (Å²) in [5, 5.41) is 7.58. The van der Waals surface area contributed by atoms with Crippen molar-refractivity contribution in [1.82, 2.24) is 10.5 Å². The molecule has 0 amide bonds. The third-order valence-electron chi connectivity index (χ3n) is 3.82. The number of rotatable bonds is 6. The Balaban J connectivity index is 1.60. The predicted octanol–water partition coefficient (Wildman–Crippen LogP) is 4.20. The number of hydrogen-bond acceptors (Lipinski definition) is 4. The van der Waals surface area contributed by atoms with Gasteiger partial charge in [-0.25, -0.2) is 0 Å². The number of methoxy groups -OCH3 is 1. The van der Waals surface area contributed by atoms with Gasteiger partial charge in [-0.1, -0.05) is 47.6 Å². The molecular formula is C19H20N2O2. The van der Waals surface area contributed by atoms with E-state index in [0.717, 1.165) is 22.8 Å². The van der Waals surface area contributed by atoms with Gasteiger partial charge in [0, 0.05) is 24.2 Å². The van der Waals surface area contributed by atoms with Gasteiger partial charge in [0.05, 0.1) is 12.8 Å². The lowest BCUT2D eigenvalue weighted by Gasteiger charge is -2.13. The second kappa shape index (κ2) is 7.11. The molecule has 1 N–H and O–H groups in total. The molecule has 3 rings (SSSR count). The molecular weight excluding hydrogens is 288 g/mol. The van der Waals surface area contributed by atoms with Crippen molar-refractivity contribution in [3.63, 3.8) is 0 Å². The number of ether oxygens (including phenoxy) is 1. The van der Waals surface area contributed by atoms with Crippen molar-refractivity contribution in [3.05, 3.63) is 71.9 Å². The third-order valence-corrected chi connectivity index (χ3v) is 3.82. The van der Waals surface area contributed by atoms with Crippen LogP contribution in [0.2, 0.25) is 0 Å².